The number of hydrogen-bond acceptors (Lipinski definition) is 3. The molecule has 1 aromatic carbocycles. The highest BCUT2D eigenvalue weighted by atomic mass is 32.1. The van der Waals surface area contributed by atoms with Gasteiger partial charge < -0.3 is 0 Å². The Balaban J connectivity index is 1.77. The molecule has 0 saturated carbocycles. The molecule has 0 aliphatic heterocycles. The lowest BCUT2D eigenvalue weighted by atomic mass is 10.1. The van der Waals surface area contributed by atoms with Gasteiger partial charge in [0.2, 0.25) is 0 Å². The average molecular weight is 290 g/mol. The lowest BCUT2D eigenvalue weighted by molar-refractivity contribution is 0.0987. The van der Waals surface area contributed by atoms with E-state index in [2.05, 4.69) is 5.38 Å². The van der Waals surface area contributed by atoms with Crippen molar-refractivity contribution in [3.63, 3.8) is 0 Å². The Morgan fingerprint density at radius 3 is 2.89 bits per heavy atom. The first-order valence-electron chi connectivity index (χ1n) is 5.96. The van der Waals surface area contributed by atoms with E-state index in [9.17, 15) is 9.18 Å². The van der Waals surface area contributed by atoms with Crippen LogP contribution in [0, 0.1) is 5.82 Å². The molecule has 0 aliphatic carbocycles. The molecule has 3 aromatic rings. The van der Waals surface area contributed by atoms with Gasteiger partial charge in [-0.1, -0.05) is 6.07 Å². The predicted molar refractivity (Wildman–Crippen MR) is 78.8 cm³/mol. The fraction of sp³-hybridized carbons (Fsp3) is 0.133. The number of Topliss-reactive ketones (excluding diaryl/α,β-unsaturated/α-hetero) is 1. The summed E-state index contributed by atoms with van der Waals surface area (Å²) in [5.41, 5.74) is 1.20. The second-order valence-electron chi connectivity index (χ2n) is 4.35. The summed E-state index contributed by atoms with van der Waals surface area (Å²) in [7, 11) is 0. The van der Waals surface area contributed by atoms with E-state index >= 15 is 0 Å². The lowest BCUT2D eigenvalue weighted by Gasteiger charge is -1.95. The highest BCUT2D eigenvalue weighted by Gasteiger charge is 2.11. The summed E-state index contributed by atoms with van der Waals surface area (Å²) in [6.07, 6.45) is 1.27. The second-order valence-corrected chi connectivity index (χ2v) is 6.21. The molecular formula is C15H11FOS2. The minimum Gasteiger partial charge on any atom is -0.293 e. The summed E-state index contributed by atoms with van der Waals surface area (Å²) in [5, 5.41) is 5.01. The standard InChI is InChI=1S/C15H11FOS2/c16-12-3-2-11-7-15(19-14(11)8-12)13(17)4-1-10-5-6-18-9-10/h2-3,5-9H,1,4H2. The minimum absolute atomic E-state index is 0.132. The maximum atomic E-state index is 13.1. The van der Waals surface area contributed by atoms with Crippen LogP contribution in [-0.2, 0) is 6.42 Å². The molecule has 19 heavy (non-hydrogen) atoms. The van der Waals surface area contributed by atoms with Gasteiger partial charge in [0.25, 0.3) is 0 Å². The van der Waals surface area contributed by atoms with E-state index in [0.717, 1.165) is 21.4 Å². The largest absolute Gasteiger partial charge is 0.293 e. The summed E-state index contributed by atoms with van der Waals surface area (Å²) >= 11 is 3.01. The molecule has 3 rings (SSSR count). The van der Waals surface area contributed by atoms with Crippen molar-refractivity contribution < 1.29 is 9.18 Å². The van der Waals surface area contributed by atoms with Crippen LogP contribution in [0.5, 0.6) is 0 Å². The molecule has 0 amide bonds. The molecule has 0 radical (unpaired) electrons. The van der Waals surface area contributed by atoms with Crippen molar-refractivity contribution in [2.45, 2.75) is 12.8 Å². The van der Waals surface area contributed by atoms with Gasteiger partial charge >= 0.3 is 0 Å². The molecule has 0 fully saturated rings. The Labute approximate surface area is 118 Å². The van der Waals surface area contributed by atoms with E-state index in [0.29, 0.717) is 6.42 Å². The molecule has 0 aliphatic rings. The SMILES string of the molecule is O=C(CCc1ccsc1)c1cc2ccc(F)cc2s1. The lowest BCUT2D eigenvalue weighted by Crippen LogP contribution is -1.97. The van der Waals surface area contributed by atoms with Crippen LogP contribution in [-0.4, -0.2) is 5.78 Å². The monoisotopic (exact) mass is 290 g/mol. The normalized spacial score (nSPS) is 11.0. The topological polar surface area (TPSA) is 17.1 Å². The van der Waals surface area contributed by atoms with E-state index in [1.165, 1.54) is 29.0 Å². The van der Waals surface area contributed by atoms with Crippen LogP contribution in [0.4, 0.5) is 4.39 Å². The number of rotatable bonds is 4. The third kappa shape index (κ3) is 2.74. The van der Waals surface area contributed by atoms with Crippen molar-refractivity contribution >= 4 is 38.5 Å². The van der Waals surface area contributed by atoms with E-state index in [4.69, 9.17) is 0 Å². The summed E-state index contributed by atoms with van der Waals surface area (Å²) in [6, 6.07) is 8.52. The maximum absolute atomic E-state index is 13.1. The fourth-order valence-electron chi connectivity index (χ4n) is 1.96. The van der Waals surface area contributed by atoms with E-state index in [1.54, 1.807) is 17.4 Å². The summed E-state index contributed by atoms with van der Waals surface area (Å²) in [6.45, 7) is 0. The molecule has 96 valence electrons. The molecule has 0 saturated heterocycles. The zero-order valence-electron chi connectivity index (χ0n) is 10.1. The Hall–Kier alpha value is -1.52. The zero-order valence-corrected chi connectivity index (χ0v) is 11.7. The average Bonchev–Trinajstić information content (AvgIpc) is 3.04. The van der Waals surface area contributed by atoms with Gasteiger partial charge in [-0.15, -0.1) is 11.3 Å². The van der Waals surface area contributed by atoms with E-state index in [-0.39, 0.29) is 11.6 Å². The van der Waals surface area contributed by atoms with Crippen molar-refractivity contribution in [1.29, 1.82) is 0 Å². The van der Waals surface area contributed by atoms with Crippen molar-refractivity contribution in [3.05, 3.63) is 57.3 Å². The first kappa shape index (κ1) is 12.5. The molecule has 4 heteroatoms. The van der Waals surface area contributed by atoms with Crippen molar-refractivity contribution in [1.82, 2.24) is 0 Å². The molecular weight excluding hydrogens is 279 g/mol. The molecule has 2 aromatic heterocycles. The van der Waals surface area contributed by atoms with Gasteiger partial charge in [0, 0.05) is 11.1 Å². The second kappa shape index (κ2) is 5.23. The number of hydrogen-bond donors (Lipinski definition) is 0. The van der Waals surface area contributed by atoms with Crippen molar-refractivity contribution in [2.75, 3.05) is 0 Å². The van der Waals surface area contributed by atoms with Gasteiger partial charge in [0.05, 0.1) is 4.88 Å². The highest BCUT2D eigenvalue weighted by Crippen LogP contribution is 2.27. The molecule has 0 spiro atoms. The smallest absolute Gasteiger partial charge is 0.173 e. The van der Waals surface area contributed by atoms with Crippen LogP contribution >= 0.6 is 22.7 Å². The highest BCUT2D eigenvalue weighted by molar-refractivity contribution is 7.20. The Kier molecular flexibility index (Phi) is 3.44. The molecule has 2 heterocycles. The van der Waals surface area contributed by atoms with Gasteiger partial charge in [-0.3, -0.25) is 4.79 Å². The van der Waals surface area contributed by atoms with Crippen molar-refractivity contribution in [3.8, 4) is 0 Å². The van der Waals surface area contributed by atoms with Gasteiger partial charge in [0.15, 0.2) is 5.78 Å². The first-order valence-corrected chi connectivity index (χ1v) is 7.72. The quantitative estimate of drug-likeness (QED) is 0.623. The predicted octanol–water partition coefficient (Wildman–Crippen LogP) is 4.92. The number of fused-ring (bicyclic) bond motifs is 1. The maximum Gasteiger partial charge on any atom is 0.173 e. The summed E-state index contributed by atoms with van der Waals surface area (Å²) < 4.78 is 13.9. The number of benzene rings is 1. The molecule has 0 bridgehead atoms. The minimum atomic E-state index is -0.258. The van der Waals surface area contributed by atoms with E-state index in [1.807, 2.05) is 17.5 Å². The fourth-order valence-corrected chi connectivity index (χ4v) is 3.72. The van der Waals surface area contributed by atoms with Crippen LogP contribution in [0.3, 0.4) is 0 Å². The molecule has 1 nitrogen and oxygen atoms in total. The van der Waals surface area contributed by atoms with Crippen LogP contribution in [0.15, 0.2) is 41.1 Å². The van der Waals surface area contributed by atoms with Crippen molar-refractivity contribution in [2.24, 2.45) is 0 Å². The van der Waals surface area contributed by atoms with Gasteiger partial charge in [0.1, 0.15) is 5.82 Å². The molecule has 0 N–H and O–H groups in total. The van der Waals surface area contributed by atoms with E-state index < -0.39 is 0 Å². The molecule has 0 atom stereocenters. The Morgan fingerprint density at radius 1 is 1.21 bits per heavy atom. The third-order valence-electron chi connectivity index (χ3n) is 2.98. The number of halogens is 1. The van der Waals surface area contributed by atoms with Crippen LogP contribution < -0.4 is 0 Å². The number of carbonyl (C=O) groups excluding carboxylic acids is 1. The third-order valence-corrected chi connectivity index (χ3v) is 4.85. The number of ketones is 1. The molecule has 0 unspecified atom stereocenters. The number of aryl methyl sites for hydroxylation is 1. The number of carbonyl (C=O) groups is 1. The van der Waals surface area contributed by atoms with Crippen LogP contribution in [0.25, 0.3) is 10.1 Å². The van der Waals surface area contributed by atoms with Crippen LogP contribution in [0.2, 0.25) is 0 Å². The summed E-state index contributed by atoms with van der Waals surface area (Å²) in [4.78, 5) is 12.8. The van der Waals surface area contributed by atoms with Crippen LogP contribution in [0.1, 0.15) is 21.7 Å². The Bertz CT molecular complexity index is 713. The van der Waals surface area contributed by atoms with Gasteiger partial charge in [-0.25, -0.2) is 4.39 Å². The zero-order chi connectivity index (χ0) is 13.2. The first-order chi connectivity index (χ1) is 9.22. The van der Waals surface area contributed by atoms with Gasteiger partial charge in [-0.05, 0) is 52.4 Å². The van der Waals surface area contributed by atoms with Gasteiger partial charge in [-0.2, -0.15) is 11.3 Å². The summed E-state index contributed by atoms with van der Waals surface area (Å²) in [5.74, 6) is -0.126. The number of thiophene rings is 2. The Morgan fingerprint density at radius 2 is 2.11 bits per heavy atom.